The number of methoxy groups -OCH3 is 1. The molecule has 2 N–H and O–H groups in total. The van der Waals surface area contributed by atoms with Crippen LogP contribution in [0.1, 0.15) is 26.3 Å². The van der Waals surface area contributed by atoms with E-state index in [9.17, 15) is 14.0 Å². The molecule has 3 aromatic rings. The number of hydrogen-bond donors (Lipinski definition) is 2. The zero-order valence-corrected chi connectivity index (χ0v) is 18.1. The van der Waals surface area contributed by atoms with Crippen LogP contribution in [-0.4, -0.2) is 32.0 Å². The van der Waals surface area contributed by atoms with E-state index in [1.807, 2.05) is 18.2 Å². The molecule has 0 fully saturated rings. The van der Waals surface area contributed by atoms with Crippen LogP contribution in [0, 0.1) is 5.82 Å². The summed E-state index contributed by atoms with van der Waals surface area (Å²) in [7, 11) is 1.48. The molecule has 166 valence electrons. The summed E-state index contributed by atoms with van der Waals surface area (Å²) in [5, 5.41) is 5.86. The summed E-state index contributed by atoms with van der Waals surface area (Å²) >= 11 is 6.14. The normalized spacial score (nSPS) is 10.3. The van der Waals surface area contributed by atoms with Crippen LogP contribution < -0.4 is 20.1 Å². The number of benzene rings is 3. The summed E-state index contributed by atoms with van der Waals surface area (Å²) in [5.41, 5.74) is 1.15. The van der Waals surface area contributed by atoms with Crippen LogP contribution in [0.15, 0.2) is 66.7 Å². The summed E-state index contributed by atoms with van der Waals surface area (Å²) < 4.78 is 24.7. The van der Waals surface area contributed by atoms with Gasteiger partial charge in [0.25, 0.3) is 11.8 Å². The third-order valence-electron chi connectivity index (χ3n) is 4.58. The third kappa shape index (κ3) is 5.98. The molecule has 0 aliphatic carbocycles. The molecule has 32 heavy (non-hydrogen) atoms. The average Bonchev–Trinajstić information content (AvgIpc) is 2.81. The van der Waals surface area contributed by atoms with E-state index in [-0.39, 0.29) is 31.2 Å². The predicted octanol–water partition coefficient (Wildman–Crippen LogP) is 4.23. The van der Waals surface area contributed by atoms with Crippen molar-refractivity contribution in [3.05, 3.63) is 94.3 Å². The highest BCUT2D eigenvalue weighted by atomic mass is 35.5. The Labute approximate surface area is 190 Å². The summed E-state index contributed by atoms with van der Waals surface area (Å²) in [4.78, 5) is 24.4. The van der Waals surface area contributed by atoms with Gasteiger partial charge in [-0.1, -0.05) is 41.9 Å². The second-order valence-electron chi connectivity index (χ2n) is 6.74. The second-order valence-corrected chi connectivity index (χ2v) is 7.14. The van der Waals surface area contributed by atoms with Gasteiger partial charge in [0, 0.05) is 29.2 Å². The zero-order valence-electron chi connectivity index (χ0n) is 17.4. The van der Waals surface area contributed by atoms with Crippen LogP contribution >= 0.6 is 11.6 Å². The highest BCUT2D eigenvalue weighted by molar-refractivity contribution is 6.31. The Bertz CT molecular complexity index is 1110. The first-order valence-electron chi connectivity index (χ1n) is 9.84. The Morgan fingerprint density at radius 1 is 0.906 bits per heavy atom. The molecule has 0 atom stereocenters. The fourth-order valence-electron chi connectivity index (χ4n) is 2.89. The van der Waals surface area contributed by atoms with E-state index in [0.29, 0.717) is 22.1 Å². The molecule has 2 amide bonds. The SMILES string of the molecule is COc1cc(C(=O)NCCNC(=O)c2ccccc2F)ccc1OCc1ccccc1Cl. The summed E-state index contributed by atoms with van der Waals surface area (Å²) in [6, 6.07) is 17.9. The van der Waals surface area contributed by atoms with Crippen molar-refractivity contribution in [1.82, 2.24) is 10.6 Å². The Kier molecular flexibility index (Phi) is 8.05. The largest absolute Gasteiger partial charge is 0.493 e. The lowest BCUT2D eigenvalue weighted by Crippen LogP contribution is -2.35. The van der Waals surface area contributed by atoms with Crippen molar-refractivity contribution in [3.63, 3.8) is 0 Å². The summed E-state index contributed by atoms with van der Waals surface area (Å²) in [5.74, 6) is -0.614. The van der Waals surface area contributed by atoms with Crippen molar-refractivity contribution < 1.29 is 23.5 Å². The van der Waals surface area contributed by atoms with Crippen molar-refractivity contribution in [1.29, 1.82) is 0 Å². The lowest BCUT2D eigenvalue weighted by atomic mass is 10.2. The second kappa shape index (κ2) is 11.2. The number of amides is 2. The number of carbonyl (C=O) groups is 2. The van der Waals surface area contributed by atoms with Gasteiger partial charge in [-0.3, -0.25) is 9.59 Å². The van der Waals surface area contributed by atoms with Crippen molar-refractivity contribution in [2.75, 3.05) is 20.2 Å². The van der Waals surface area contributed by atoms with Crippen LogP contribution in [0.3, 0.4) is 0 Å². The quantitative estimate of drug-likeness (QED) is 0.472. The van der Waals surface area contributed by atoms with E-state index >= 15 is 0 Å². The predicted molar refractivity (Wildman–Crippen MR) is 120 cm³/mol. The molecule has 3 rings (SSSR count). The van der Waals surface area contributed by atoms with Crippen molar-refractivity contribution in [2.24, 2.45) is 0 Å². The van der Waals surface area contributed by atoms with Crippen molar-refractivity contribution in [2.45, 2.75) is 6.61 Å². The maximum atomic E-state index is 13.6. The number of halogens is 2. The number of ether oxygens (including phenoxy) is 2. The van der Waals surface area contributed by atoms with Gasteiger partial charge in [-0.05, 0) is 36.4 Å². The molecule has 8 heteroatoms. The van der Waals surface area contributed by atoms with Gasteiger partial charge in [0.05, 0.1) is 12.7 Å². The average molecular weight is 457 g/mol. The van der Waals surface area contributed by atoms with Gasteiger partial charge in [-0.2, -0.15) is 0 Å². The molecule has 0 unspecified atom stereocenters. The molecule has 0 saturated heterocycles. The van der Waals surface area contributed by atoms with Crippen LogP contribution in [0.25, 0.3) is 0 Å². The van der Waals surface area contributed by atoms with Crippen molar-refractivity contribution in [3.8, 4) is 11.5 Å². The van der Waals surface area contributed by atoms with Crippen molar-refractivity contribution >= 4 is 23.4 Å². The molecule has 0 bridgehead atoms. The number of rotatable bonds is 9. The van der Waals surface area contributed by atoms with E-state index in [0.717, 1.165) is 5.56 Å². The first-order valence-corrected chi connectivity index (χ1v) is 10.2. The van der Waals surface area contributed by atoms with E-state index < -0.39 is 11.7 Å². The highest BCUT2D eigenvalue weighted by Gasteiger charge is 2.13. The Hall–Kier alpha value is -3.58. The first-order chi connectivity index (χ1) is 15.5. The fraction of sp³-hybridized carbons (Fsp3) is 0.167. The molecular weight excluding hydrogens is 435 g/mol. The van der Waals surface area contributed by atoms with E-state index in [4.69, 9.17) is 21.1 Å². The molecule has 0 saturated carbocycles. The van der Waals surface area contributed by atoms with Gasteiger partial charge in [-0.15, -0.1) is 0 Å². The van der Waals surface area contributed by atoms with Gasteiger partial charge in [0.15, 0.2) is 11.5 Å². The first kappa shape index (κ1) is 23.1. The molecule has 0 aliphatic heterocycles. The van der Waals surface area contributed by atoms with Gasteiger partial charge in [0.1, 0.15) is 12.4 Å². The van der Waals surface area contributed by atoms with E-state index in [1.54, 1.807) is 30.3 Å². The molecular formula is C24H22ClFN2O4. The fourth-order valence-corrected chi connectivity index (χ4v) is 3.08. The molecule has 0 spiro atoms. The lowest BCUT2D eigenvalue weighted by molar-refractivity contribution is 0.0925. The van der Waals surface area contributed by atoms with Gasteiger partial charge in [-0.25, -0.2) is 4.39 Å². The molecule has 3 aromatic carbocycles. The van der Waals surface area contributed by atoms with Gasteiger partial charge in [0.2, 0.25) is 0 Å². The summed E-state index contributed by atoms with van der Waals surface area (Å²) in [6.45, 7) is 0.574. The number of carbonyl (C=O) groups excluding carboxylic acids is 2. The topological polar surface area (TPSA) is 76.7 Å². The van der Waals surface area contributed by atoms with Crippen LogP contribution in [0.5, 0.6) is 11.5 Å². The standard InChI is InChI=1S/C24H22ClFN2O4/c1-31-22-14-16(10-11-21(22)32-15-17-6-2-4-8-19(17)25)23(29)27-12-13-28-24(30)18-7-3-5-9-20(18)26/h2-11,14H,12-13,15H2,1H3,(H,27,29)(H,28,30). The van der Waals surface area contributed by atoms with Gasteiger partial charge >= 0.3 is 0 Å². The zero-order chi connectivity index (χ0) is 22.9. The van der Waals surface area contributed by atoms with Gasteiger partial charge < -0.3 is 20.1 Å². The van der Waals surface area contributed by atoms with E-state index in [1.165, 1.54) is 25.3 Å². The highest BCUT2D eigenvalue weighted by Crippen LogP contribution is 2.29. The van der Waals surface area contributed by atoms with Crippen LogP contribution in [0.4, 0.5) is 4.39 Å². The van der Waals surface area contributed by atoms with Crippen LogP contribution in [0.2, 0.25) is 5.02 Å². The lowest BCUT2D eigenvalue weighted by Gasteiger charge is -2.13. The van der Waals surface area contributed by atoms with E-state index in [2.05, 4.69) is 10.6 Å². The Morgan fingerprint density at radius 2 is 1.59 bits per heavy atom. The maximum Gasteiger partial charge on any atom is 0.254 e. The molecule has 6 nitrogen and oxygen atoms in total. The van der Waals surface area contributed by atoms with Crippen LogP contribution in [-0.2, 0) is 6.61 Å². The molecule has 0 heterocycles. The molecule has 0 radical (unpaired) electrons. The third-order valence-corrected chi connectivity index (χ3v) is 4.95. The minimum Gasteiger partial charge on any atom is -0.493 e. The number of hydrogen-bond acceptors (Lipinski definition) is 4. The smallest absolute Gasteiger partial charge is 0.254 e. The minimum atomic E-state index is -0.599. The molecule has 0 aliphatic rings. The maximum absolute atomic E-state index is 13.6. The molecule has 0 aromatic heterocycles. The monoisotopic (exact) mass is 456 g/mol. The Morgan fingerprint density at radius 3 is 2.31 bits per heavy atom. The summed E-state index contributed by atoms with van der Waals surface area (Å²) in [6.07, 6.45) is 0. The Balaban J connectivity index is 1.52. The number of nitrogens with one attached hydrogen (secondary N) is 2. The minimum absolute atomic E-state index is 0.0454.